The number of aromatic nitrogens is 1. The normalized spacial score (nSPS) is 20.0. The lowest BCUT2D eigenvalue weighted by molar-refractivity contribution is -0.126. The molecule has 0 bridgehead atoms. The van der Waals surface area contributed by atoms with E-state index in [9.17, 15) is 19.2 Å². The molecular weight excluding hydrogens is 518 g/mol. The minimum absolute atomic E-state index is 0.241. The maximum Gasteiger partial charge on any atom is 0.308 e. The molecule has 0 radical (unpaired) electrons. The molecule has 1 saturated heterocycles. The highest BCUT2D eigenvalue weighted by Gasteiger charge is 2.53. The molecule has 0 saturated carbocycles. The zero-order valence-electron chi connectivity index (χ0n) is 20.1. The Hall–Kier alpha value is -3.77. The van der Waals surface area contributed by atoms with Gasteiger partial charge in [0.2, 0.25) is 17.7 Å². The third-order valence-electron chi connectivity index (χ3n) is 6.33. The van der Waals surface area contributed by atoms with E-state index >= 15 is 0 Å². The summed E-state index contributed by atoms with van der Waals surface area (Å²) in [4.78, 5) is 51.8. The number of thioether (sulfide) groups is 1. The van der Waals surface area contributed by atoms with E-state index in [0.717, 1.165) is 23.1 Å². The molecule has 2 N–H and O–H groups in total. The lowest BCUT2D eigenvalue weighted by atomic mass is 9.83. The van der Waals surface area contributed by atoms with Crippen LogP contribution in [-0.2, 0) is 20.9 Å². The van der Waals surface area contributed by atoms with Crippen LogP contribution in [0.1, 0.15) is 16.4 Å². The first-order valence-electron chi connectivity index (χ1n) is 11.2. The Kier molecular flexibility index (Phi) is 6.69. The summed E-state index contributed by atoms with van der Waals surface area (Å²) in [5.74, 6) is -0.851. The molecule has 37 heavy (non-hydrogen) atoms. The first-order chi connectivity index (χ1) is 17.8. The van der Waals surface area contributed by atoms with Crippen LogP contribution in [0.3, 0.4) is 0 Å². The van der Waals surface area contributed by atoms with Gasteiger partial charge in [-0.2, -0.15) is 0 Å². The summed E-state index contributed by atoms with van der Waals surface area (Å²) in [6, 6.07) is 12.1. The van der Waals surface area contributed by atoms with Crippen molar-refractivity contribution in [2.24, 2.45) is 5.92 Å². The lowest BCUT2D eigenvalue weighted by Gasteiger charge is -2.31. The third kappa shape index (κ3) is 4.46. The van der Waals surface area contributed by atoms with Gasteiger partial charge in [0, 0.05) is 16.5 Å². The number of carbonyl (C=O) groups excluding carboxylic acids is 3. The fourth-order valence-corrected chi connectivity index (χ4v) is 7.34. The Labute approximate surface area is 219 Å². The second kappa shape index (κ2) is 9.94. The highest BCUT2D eigenvalue weighted by Crippen LogP contribution is 2.52. The first kappa shape index (κ1) is 24.9. The Morgan fingerprint density at radius 3 is 2.38 bits per heavy atom. The average molecular weight is 542 g/mol. The van der Waals surface area contributed by atoms with Crippen molar-refractivity contribution in [2.45, 2.75) is 22.7 Å². The van der Waals surface area contributed by atoms with Gasteiger partial charge in [-0.25, -0.2) is 0 Å². The van der Waals surface area contributed by atoms with Crippen LogP contribution in [0.25, 0.3) is 0 Å². The average Bonchev–Trinajstić information content (AvgIpc) is 3.36. The van der Waals surface area contributed by atoms with Gasteiger partial charge in [-0.15, -0.1) is 0 Å². The van der Waals surface area contributed by atoms with Crippen LogP contribution < -0.4 is 29.7 Å². The number of hydrogen-bond donors (Lipinski definition) is 2. The monoisotopic (exact) mass is 541 g/mol. The molecule has 3 aromatic rings. The Morgan fingerprint density at radius 2 is 1.70 bits per heavy atom. The molecule has 5 rings (SSSR count). The number of anilines is 1. The highest BCUT2D eigenvalue weighted by atomic mass is 32.2. The van der Waals surface area contributed by atoms with Crippen LogP contribution in [-0.4, -0.2) is 48.9 Å². The van der Waals surface area contributed by atoms with Crippen molar-refractivity contribution in [3.63, 3.8) is 0 Å². The molecule has 1 aromatic heterocycles. The summed E-state index contributed by atoms with van der Waals surface area (Å²) in [5.41, 5.74) is 1.26. The molecular formula is C25H23N3O7S2. The Bertz CT molecular complexity index is 1450. The zero-order valence-corrected chi connectivity index (χ0v) is 21.7. The predicted octanol–water partition coefficient (Wildman–Crippen LogP) is 2.45. The number of thiazole rings is 1. The minimum Gasteiger partial charge on any atom is -0.497 e. The number of hydrogen-bond acceptors (Lipinski definition) is 9. The molecule has 1 fully saturated rings. The van der Waals surface area contributed by atoms with Crippen LogP contribution in [0, 0.1) is 5.92 Å². The number of carbonyl (C=O) groups is 3. The molecule has 3 heterocycles. The van der Waals surface area contributed by atoms with Gasteiger partial charge in [0.1, 0.15) is 17.5 Å². The SMILES string of the molecule is COc1ccc(NC(=O)Cn2c3c(sc2=O)[C@@H](c2ccc(OC)c(OC)c2)C2C(=O)NC(=O)C2S3)cc1. The molecule has 192 valence electrons. The summed E-state index contributed by atoms with van der Waals surface area (Å²) in [7, 11) is 4.58. The number of fused-ring (bicyclic) bond motifs is 2. The molecule has 2 aromatic carbocycles. The predicted molar refractivity (Wildman–Crippen MR) is 138 cm³/mol. The van der Waals surface area contributed by atoms with Gasteiger partial charge >= 0.3 is 4.87 Å². The molecule has 10 nitrogen and oxygen atoms in total. The van der Waals surface area contributed by atoms with Crippen molar-refractivity contribution in [3.8, 4) is 17.2 Å². The van der Waals surface area contributed by atoms with Crippen molar-refractivity contribution in [1.29, 1.82) is 0 Å². The molecule has 3 amide bonds. The topological polar surface area (TPSA) is 125 Å². The van der Waals surface area contributed by atoms with Gasteiger partial charge in [0.05, 0.1) is 32.3 Å². The van der Waals surface area contributed by atoms with E-state index in [1.165, 1.54) is 18.8 Å². The van der Waals surface area contributed by atoms with Crippen molar-refractivity contribution in [3.05, 3.63) is 62.6 Å². The number of benzene rings is 2. The van der Waals surface area contributed by atoms with Crippen molar-refractivity contribution < 1.29 is 28.6 Å². The van der Waals surface area contributed by atoms with E-state index in [2.05, 4.69) is 10.6 Å². The molecule has 12 heteroatoms. The van der Waals surface area contributed by atoms with Crippen LogP contribution in [0.4, 0.5) is 5.69 Å². The van der Waals surface area contributed by atoms with Crippen LogP contribution in [0.2, 0.25) is 0 Å². The Morgan fingerprint density at radius 1 is 0.973 bits per heavy atom. The van der Waals surface area contributed by atoms with Gasteiger partial charge < -0.3 is 19.5 Å². The minimum atomic E-state index is -0.733. The number of imide groups is 1. The molecule has 0 spiro atoms. The zero-order chi connectivity index (χ0) is 26.3. The van der Waals surface area contributed by atoms with Crippen molar-refractivity contribution in [2.75, 3.05) is 26.6 Å². The van der Waals surface area contributed by atoms with E-state index in [0.29, 0.717) is 38.4 Å². The molecule has 3 atom stereocenters. The Balaban J connectivity index is 1.52. The smallest absolute Gasteiger partial charge is 0.308 e. The summed E-state index contributed by atoms with van der Waals surface area (Å²) < 4.78 is 17.3. The van der Waals surface area contributed by atoms with Crippen LogP contribution >= 0.6 is 23.1 Å². The number of nitrogens with one attached hydrogen (secondary N) is 2. The molecule has 2 aliphatic heterocycles. The van der Waals surface area contributed by atoms with E-state index in [-0.39, 0.29) is 11.4 Å². The first-order valence-corrected chi connectivity index (χ1v) is 12.9. The summed E-state index contributed by atoms with van der Waals surface area (Å²) in [6.45, 7) is -0.241. The summed E-state index contributed by atoms with van der Waals surface area (Å²) in [5, 5.41) is 4.97. The van der Waals surface area contributed by atoms with Gasteiger partial charge in [0.25, 0.3) is 0 Å². The van der Waals surface area contributed by atoms with Crippen LogP contribution in [0.5, 0.6) is 17.2 Å². The summed E-state index contributed by atoms with van der Waals surface area (Å²) >= 11 is 2.12. The van der Waals surface area contributed by atoms with Crippen LogP contribution in [0.15, 0.2) is 52.3 Å². The second-order valence-corrected chi connectivity index (χ2v) is 10.5. The quantitative estimate of drug-likeness (QED) is 0.437. The largest absolute Gasteiger partial charge is 0.497 e. The molecule has 2 aliphatic rings. The number of ether oxygens (including phenoxy) is 3. The standard InChI is InChI=1S/C25H23N3O7S2/c1-33-14-7-5-13(6-8-14)26-17(29)11-28-24-21(37-25(28)32)18(19-20(36-24)23(31)27-22(19)30)12-4-9-15(34-2)16(10-12)35-3/h4-10,18-20H,11H2,1-3H3,(H,26,29)(H,27,30,31)/t18-,19?,20?/m0/s1. The molecule has 0 aliphatic carbocycles. The van der Waals surface area contributed by atoms with E-state index in [1.807, 2.05) is 0 Å². The highest BCUT2D eigenvalue weighted by molar-refractivity contribution is 8.00. The number of nitrogens with zero attached hydrogens (tertiary/aromatic N) is 1. The maximum atomic E-state index is 13.1. The lowest BCUT2D eigenvalue weighted by Crippen LogP contribution is -2.32. The van der Waals surface area contributed by atoms with E-state index < -0.39 is 34.8 Å². The van der Waals surface area contributed by atoms with E-state index in [4.69, 9.17) is 14.2 Å². The van der Waals surface area contributed by atoms with Gasteiger partial charge in [0.15, 0.2) is 11.5 Å². The molecule has 2 unspecified atom stereocenters. The number of amides is 3. The van der Waals surface area contributed by atoms with Gasteiger partial charge in [-0.3, -0.25) is 29.1 Å². The van der Waals surface area contributed by atoms with Crippen molar-refractivity contribution >= 4 is 46.5 Å². The number of methoxy groups -OCH3 is 3. The summed E-state index contributed by atoms with van der Waals surface area (Å²) in [6.07, 6.45) is 0. The second-order valence-electron chi connectivity index (χ2n) is 8.41. The number of rotatable bonds is 7. The van der Waals surface area contributed by atoms with Gasteiger partial charge in [-0.1, -0.05) is 29.2 Å². The fourth-order valence-electron chi connectivity index (χ4n) is 4.60. The fraction of sp³-hybridized carbons (Fsp3) is 0.280. The van der Waals surface area contributed by atoms with E-state index in [1.54, 1.807) is 49.6 Å². The maximum absolute atomic E-state index is 13.1. The van der Waals surface area contributed by atoms with Gasteiger partial charge in [-0.05, 0) is 42.0 Å². The third-order valence-corrected chi connectivity index (χ3v) is 8.95. The van der Waals surface area contributed by atoms with Crippen molar-refractivity contribution in [1.82, 2.24) is 9.88 Å².